The van der Waals surface area contributed by atoms with E-state index in [0.29, 0.717) is 0 Å². The second kappa shape index (κ2) is 12.4. The predicted octanol–water partition coefficient (Wildman–Crippen LogP) is 6.96. The van der Waals surface area contributed by atoms with Crippen molar-refractivity contribution < 1.29 is 83.3 Å². The van der Waals surface area contributed by atoms with Crippen LogP contribution in [-0.4, -0.2) is 90.6 Å². The summed E-state index contributed by atoms with van der Waals surface area (Å²) in [4.78, 5) is 0. The molecule has 0 aromatic heterocycles. The zero-order chi connectivity index (χ0) is 32.3. The summed E-state index contributed by atoms with van der Waals surface area (Å²) in [5, 5.41) is -7.80. The van der Waals surface area contributed by atoms with Gasteiger partial charge >= 0.3 is 40.8 Å². The second-order valence-electron chi connectivity index (χ2n) is 8.33. The van der Waals surface area contributed by atoms with Gasteiger partial charge in [-0.05, 0) is 34.1 Å². The van der Waals surface area contributed by atoms with Crippen LogP contribution in [0.25, 0.3) is 0 Å². The zero-order valence-corrected chi connectivity index (χ0v) is 21.9. The van der Waals surface area contributed by atoms with Crippen LogP contribution in [0.5, 0.6) is 0 Å². The summed E-state index contributed by atoms with van der Waals surface area (Å²) in [6.07, 6.45) is -6.99. The number of halogens is 15. The van der Waals surface area contributed by atoms with Crippen LogP contribution < -0.4 is 0 Å². The Kier molecular flexibility index (Phi) is 12.7. The molecule has 0 aliphatic heterocycles. The number of alkyl halides is 15. The number of hydrogen-bond acceptors (Lipinski definition) is 3. The molecule has 0 bridgehead atoms. The van der Waals surface area contributed by atoms with Gasteiger partial charge in [0.05, 0.1) is 26.2 Å². The molecule has 39 heavy (non-hydrogen) atoms. The van der Waals surface area contributed by atoms with Crippen molar-refractivity contribution in [1.29, 1.82) is 0 Å². The molecule has 0 aliphatic carbocycles. The lowest BCUT2D eigenvalue weighted by Gasteiger charge is -2.43. The van der Waals surface area contributed by atoms with Crippen LogP contribution in [-0.2, 0) is 10.1 Å². The summed E-state index contributed by atoms with van der Waals surface area (Å²) in [5.41, 5.74) is 0. The second-order valence-corrected chi connectivity index (χ2v) is 9.75. The van der Waals surface area contributed by atoms with Crippen LogP contribution in [0.4, 0.5) is 65.9 Å². The minimum Gasteiger partial charge on any atom is -0.743 e. The predicted molar refractivity (Wildman–Crippen MR) is 107 cm³/mol. The van der Waals surface area contributed by atoms with E-state index < -0.39 is 69.9 Å². The Balaban J connectivity index is 0. The van der Waals surface area contributed by atoms with Gasteiger partial charge in [-0.1, -0.05) is 13.3 Å². The SMILES string of the molecule is CCCC(F)C(F)(F)C(F)(F)C(F)(F)C(F)(F)C(F)(F)C(F)(F)C(F)(F)S(=O)(=O)[O-].CC[N+](CC)(CC)CC. The van der Waals surface area contributed by atoms with Gasteiger partial charge in [0.1, 0.15) is 0 Å². The molecule has 0 saturated carbocycles. The molecular weight excluding hydrogens is 607 g/mol. The van der Waals surface area contributed by atoms with E-state index in [9.17, 15) is 78.8 Å². The van der Waals surface area contributed by atoms with Gasteiger partial charge in [-0.2, -0.15) is 61.5 Å². The summed E-state index contributed by atoms with van der Waals surface area (Å²) >= 11 is 0. The molecule has 0 rings (SSSR count). The Morgan fingerprint density at radius 2 is 0.872 bits per heavy atom. The van der Waals surface area contributed by atoms with Crippen molar-refractivity contribution in [3.8, 4) is 0 Å². The smallest absolute Gasteiger partial charge is 0.402 e. The first kappa shape index (κ1) is 40.0. The molecule has 0 spiro atoms. The summed E-state index contributed by atoms with van der Waals surface area (Å²) < 4.78 is 229. The molecule has 1 atom stereocenters. The fourth-order valence-electron chi connectivity index (χ4n) is 3.11. The fraction of sp³-hybridized carbons (Fsp3) is 1.00. The minimum atomic E-state index is -8.57. The highest BCUT2D eigenvalue weighted by Crippen LogP contribution is 2.63. The van der Waals surface area contributed by atoms with Crippen molar-refractivity contribution >= 4 is 10.1 Å². The van der Waals surface area contributed by atoms with Gasteiger partial charge in [-0.15, -0.1) is 0 Å². The van der Waals surface area contributed by atoms with Crippen molar-refractivity contribution in [3.05, 3.63) is 0 Å². The van der Waals surface area contributed by atoms with Crippen molar-refractivity contribution in [2.75, 3.05) is 26.2 Å². The van der Waals surface area contributed by atoms with Crippen LogP contribution in [0.3, 0.4) is 0 Å². The lowest BCUT2D eigenvalue weighted by atomic mass is 9.89. The van der Waals surface area contributed by atoms with E-state index in [-0.39, 0.29) is 0 Å². The van der Waals surface area contributed by atoms with E-state index in [1.54, 1.807) is 0 Å². The number of nitrogens with zero attached hydrogens (tertiary/aromatic N) is 1. The lowest BCUT2D eigenvalue weighted by molar-refractivity contribution is -0.921. The van der Waals surface area contributed by atoms with Crippen LogP contribution in [0.1, 0.15) is 47.5 Å². The molecule has 0 N–H and O–H groups in total. The normalized spacial score (nSPS) is 16.0. The Morgan fingerprint density at radius 3 is 1.10 bits per heavy atom. The van der Waals surface area contributed by atoms with Crippen molar-refractivity contribution in [1.82, 2.24) is 0 Å². The van der Waals surface area contributed by atoms with Gasteiger partial charge in [0.2, 0.25) is 0 Å². The highest BCUT2D eigenvalue weighted by Gasteiger charge is 2.94. The molecular formula is C19H28F15NO3S. The summed E-state index contributed by atoms with van der Waals surface area (Å²) in [6.45, 7) is 15.0. The average molecular weight is 635 g/mol. The Bertz CT molecular complexity index is 873. The molecule has 0 aromatic carbocycles. The first-order valence-electron chi connectivity index (χ1n) is 11.1. The van der Waals surface area contributed by atoms with Crippen LogP contribution in [0, 0.1) is 0 Å². The maximum Gasteiger partial charge on any atom is 0.402 e. The topological polar surface area (TPSA) is 57.2 Å². The van der Waals surface area contributed by atoms with E-state index in [1.807, 2.05) is 0 Å². The van der Waals surface area contributed by atoms with Gasteiger partial charge in [0.25, 0.3) is 0 Å². The third-order valence-corrected chi connectivity index (χ3v) is 7.18. The molecule has 0 aromatic rings. The standard InChI is InChI=1S/C11H9F15O3S.C8H20N/c1-2-3-4(12)5(13,14)6(15,16)7(17,18)8(19,20)9(21,22)10(23,24)11(25,26)30(27,28)29;1-5-9(6-2,7-3)8-4/h4H,2-3H2,1H3,(H,27,28,29);5-8H2,1-4H3/q;+1/p-1. The first-order chi connectivity index (χ1) is 17.0. The molecule has 238 valence electrons. The summed E-state index contributed by atoms with van der Waals surface area (Å²) in [5.74, 6) is -48.6. The van der Waals surface area contributed by atoms with E-state index in [4.69, 9.17) is 0 Å². The molecule has 0 fully saturated rings. The molecule has 0 saturated heterocycles. The molecule has 1 unspecified atom stereocenters. The van der Waals surface area contributed by atoms with E-state index in [0.717, 1.165) is 6.92 Å². The van der Waals surface area contributed by atoms with Crippen molar-refractivity contribution in [3.63, 3.8) is 0 Å². The molecule has 4 nitrogen and oxygen atoms in total. The third-order valence-electron chi connectivity index (χ3n) is 6.29. The zero-order valence-electron chi connectivity index (χ0n) is 21.1. The maximum absolute atomic E-state index is 13.4. The minimum absolute atomic E-state index is 0.785. The van der Waals surface area contributed by atoms with Gasteiger partial charge in [0.15, 0.2) is 16.3 Å². The number of rotatable bonds is 14. The van der Waals surface area contributed by atoms with Gasteiger partial charge < -0.3 is 9.04 Å². The maximum atomic E-state index is 13.4. The lowest BCUT2D eigenvalue weighted by Crippen LogP contribution is -2.74. The first-order valence-corrected chi connectivity index (χ1v) is 12.5. The van der Waals surface area contributed by atoms with Crippen LogP contribution >= 0.6 is 0 Å². The number of hydrogen-bond donors (Lipinski definition) is 0. The Labute approximate surface area is 214 Å². The highest BCUT2D eigenvalue weighted by atomic mass is 32.2. The quantitative estimate of drug-likeness (QED) is 0.118. The van der Waals surface area contributed by atoms with Crippen LogP contribution in [0.2, 0.25) is 0 Å². The summed E-state index contributed by atoms with van der Waals surface area (Å²) in [6, 6.07) is 0. The van der Waals surface area contributed by atoms with Gasteiger partial charge in [-0.3, -0.25) is 0 Å². The molecule has 20 heteroatoms. The molecule has 0 heterocycles. The molecule has 0 radical (unpaired) electrons. The van der Waals surface area contributed by atoms with E-state index >= 15 is 0 Å². The average Bonchev–Trinajstić information content (AvgIpc) is 2.80. The number of quaternary nitrogens is 1. The Hall–Kier alpha value is -1.18. The van der Waals surface area contributed by atoms with E-state index in [2.05, 4.69) is 27.7 Å². The van der Waals surface area contributed by atoms with Crippen LogP contribution in [0.15, 0.2) is 0 Å². The van der Waals surface area contributed by atoms with Gasteiger partial charge in [0, 0.05) is 0 Å². The fourth-order valence-corrected chi connectivity index (χ4v) is 3.56. The van der Waals surface area contributed by atoms with Gasteiger partial charge in [-0.25, -0.2) is 12.8 Å². The van der Waals surface area contributed by atoms with E-state index in [1.165, 1.54) is 30.7 Å². The monoisotopic (exact) mass is 635 g/mol. The molecule has 0 amide bonds. The summed E-state index contributed by atoms with van der Waals surface area (Å²) in [7, 11) is -8.02. The third kappa shape index (κ3) is 6.51. The Morgan fingerprint density at radius 1 is 0.590 bits per heavy atom. The van der Waals surface area contributed by atoms with Crippen molar-refractivity contribution in [2.24, 2.45) is 0 Å². The largest absolute Gasteiger partial charge is 0.743 e. The van der Waals surface area contributed by atoms with Crippen molar-refractivity contribution in [2.45, 2.75) is 94.4 Å². The molecule has 0 aliphatic rings. The highest BCUT2D eigenvalue weighted by molar-refractivity contribution is 7.86.